The molecule has 0 radical (unpaired) electrons. The number of aromatic nitrogens is 2. The van der Waals surface area contributed by atoms with Gasteiger partial charge >= 0.3 is 5.97 Å². The van der Waals surface area contributed by atoms with E-state index in [-0.39, 0.29) is 11.8 Å². The molecule has 6 heteroatoms. The Bertz CT molecular complexity index is 578. The van der Waals surface area contributed by atoms with Crippen molar-refractivity contribution in [2.24, 2.45) is 0 Å². The Hall–Kier alpha value is -2.14. The van der Waals surface area contributed by atoms with E-state index in [1.165, 1.54) is 6.08 Å². The molecular formula is C11H7ClN2O3. The van der Waals surface area contributed by atoms with E-state index in [0.717, 1.165) is 6.08 Å². The Balaban J connectivity index is 2.27. The van der Waals surface area contributed by atoms with Gasteiger partial charge in [-0.05, 0) is 18.2 Å². The SMILES string of the molecule is O=C(O)/C=C/c1nnc(-c2cccc(Cl)c2)o1. The zero-order valence-corrected chi connectivity index (χ0v) is 9.26. The highest BCUT2D eigenvalue weighted by molar-refractivity contribution is 6.30. The molecule has 0 saturated heterocycles. The van der Waals surface area contributed by atoms with Gasteiger partial charge in [0.2, 0.25) is 11.8 Å². The molecule has 1 aromatic heterocycles. The second-order valence-corrected chi connectivity index (χ2v) is 3.56. The lowest BCUT2D eigenvalue weighted by molar-refractivity contribution is -0.131. The van der Waals surface area contributed by atoms with Gasteiger partial charge in [-0.3, -0.25) is 0 Å². The maximum Gasteiger partial charge on any atom is 0.328 e. The quantitative estimate of drug-likeness (QED) is 0.847. The summed E-state index contributed by atoms with van der Waals surface area (Å²) in [5, 5.41) is 16.5. The third-order valence-electron chi connectivity index (χ3n) is 1.88. The van der Waals surface area contributed by atoms with Crippen LogP contribution in [0.25, 0.3) is 17.5 Å². The molecule has 2 aromatic rings. The van der Waals surface area contributed by atoms with Crippen LogP contribution in [0.5, 0.6) is 0 Å². The van der Waals surface area contributed by atoms with Crippen LogP contribution in [-0.2, 0) is 4.79 Å². The smallest absolute Gasteiger partial charge is 0.328 e. The molecule has 5 nitrogen and oxygen atoms in total. The Morgan fingerprint density at radius 1 is 1.41 bits per heavy atom. The van der Waals surface area contributed by atoms with E-state index in [0.29, 0.717) is 10.6 Å². The second-order valence-electron chi connectivity index (χ2n) is 3.13. The number of halogens is 1. The van der Waals surface area contributed by atoms with Gasteiger partial charge in [-0.25, -0.2) is 4.79 Å². The van der Waals surface area contributed by atoms with Crippen LogP contribution in [0.3, 0.4) is 0 Å². The lowest BCUT2D eigenvalue weighted by Gasteiger charge is -1.93. The van der Waals surface area contributed by atoms with Crippen molar-refractivity contribution in [3.8, 4) is 11.5 Å². The Morgan fingerprint density at radius 2 is 2.24 bits per heavy atom. The molecule has 1 heterocycles. The molecule has 0 saturated carbocycles. The molecule has 1 N–H and O–H groups in total. The standard InChI is InChI=1S/C11H7ClN2O3/c12-8-3-1-2-7(6-8)11-14-13-9(17-11)4-5-10(15)16/h1-6H,(H,15,16)/b5-4+. The average molecular weight is 251 g/mol. The summed E-state index contributed by atoms with van der Waals surface area (Å²) >= 11 is 5.82. The van der Waals surface area contributed by atoms with Crippen LogP contribution in [0.1, 0.15) is 5.89 Å². The molecule has 0 unspecified atom stereocenters. The summed E-state index contributed by atoms with van der Waals surface area (Å²) in [5.74, 6) is -0.660. The van der Waals surface area contributed by atoms with E-state index in [1.807, 2.05) is 0 Å². The third-order valence-corrected chi connectivity index (χ3v) is 2.12. The van der Waals surface area contributed by atoms with E-state index in [9.17, 15) is 4.79 Å². The minimum atomic E-state index is -1.08. The molecule has 0 bridgehead atoms. The van der Waals surface area contributed by atoms with Crippen LogP contribution < -0.4 is 0 Å². The summed E-state index contributed by atoms with van der Waals surface area (Å²) < 4.78 is 5.24. The summed E-state index contributed by atoms with van der Waals surface area (Å²) in [5.41, 5.74) is 0.681. The zero-order valence-electron chi connectivity index (χ0n) is 8.50. The fraction of sp³-hybridized carbons (Fsp3) is 0. The highest BCUT2D eigenvalue weighted by atomic mass is 35.5. The van der Waals surface area contributed by atoms with Crippen LogP contribution >= 0.6 is 11.6 Å². The van der Waals surface area contributed by atoms with Crippen LogP contribution in [0.15, 0.2) is 34.8 Å². The first kappa shape index (κ1) is 11.3. The van der Waals surface area contributed by atoms with Crippen molar-refractivity contribution in [2.75, 3.05) is 0 Å². The average Bonchev–Trinajstić information content (AvgIpc) is 2.75. The van der Waals surface area contributed by atoms with Crippen molar-refractivity contribution < 1.29 is 14.3 Å². The predicted molar refractivity (Wildman–Crippen MR) is 61.4 cm³/mol. The number of benzene rings is 1. The Labute approximate surface area is 101 Å². The molecule has 0 aliphatic heterocycles. The fourth-order valence-electron chi connectivity index (χ4n) is 1.18. The molecule has 86 valence electrons. The molecule has 17 heavy (non-hydrogen) atoms. The minimum absolute atomic E-state index is 0.127. The molecular weight excluding hydrogens is 244 g/mol. The fourth-order valence-corrected chi connectivity index (χ4v) is 1.37. The number of hydrogen-bond donors (Lipinski definition) is 1. The summed E-state index contributed by atoms with van der Waals surface area (Å²) in [7, 11) is 0. The molecule has 0 fully saturated rings. The van der Waals surface area contributed by atoms with Gasteiger partial charge in [0.25, 0.3) is 0 Å². The van der Waals surface area contributed by atoms with Crippen molar-refractivity contribution in [3.05, 3.63) is 41.3 Å². The summed E-state index contributed by atoms with van der Waals surface area (Å²) in [6.45, 7) is 0. The number of carboxylic acids is 1. The van der Waals surface area contributed by atoms with E-state index in [1.54, 1.807) is 24.3 Å². The van der Waals surface area contributed by atoms with Gasteiger partial charge in [0.05, 0.1) is 0 Å². The van der Waals surface area contributed by atoms with Crippen molar-refractivity contribution in [3.63, 3.8) is 0 Å². The number of hydrogen-bond acceptors (Lipinski definition) is 4. The lowest BCUT2D eigenvalue weighted by Crippen LogP contribution is -1.85. The molecule has 0 aliphatic carbocycles. The maximum atomic E-state index is 10.3. The van der Waals surface area contributed by atoms with E-state index in [4.69, 9.17) is 21.1 Å². The van der Waals surface area contributed by atoms with E-state index in [2.05, 4.69) is 10.2 Å². The first-order valence-corrected chi connectivity index (χ1v) is 5.03. The van der Waals surface area contributed by atoms with Gasteiger partial charge in [-0.2, -0.15) is 0 Å². The topological polar surface area (TPSA) is 76.2 Å². The molecule has 0 spiro atoms. The van der Waals surface area contributed by atoms with Crippen molar-refractivity contribution in [1.29, 1.82) is 0 Å². The number of aliphatic carboxylic acids is 1. The van der Waals surface area contributed by atoms with Gasteiger partial charge < -0.3 is 9.52 Å². The number of rotatable bonds is 3. The lowest BCUT2D eigenvalue weighted by atomic mass is 10.2. The molecule has 0 aliphatic rings. The van der Waals surface area contributed by atoms with E-state index >= 15 is 0 Å². The summed E-state index contributed by atoms with van der Waals surface area (Å²) in [6.07, 6.45) is 2.15. The molecule has 0 amide bonds. The van der Waals surface area contributed by atoms with Crippen molar-refractivity contribution in [2.45, 2.75) is 0 Å². The highest BCUT2D eigenvalue weighted by Crippen LogP contribution is 2.21. The molecule has 0 atom stereocenters. The number of carbonyl (C=O) groups is 1. The Morgan fingerprint density at radius 3 is 2.94 bits per heavy atom. The van der Waals surface area contributed by atoms with E-state index < -0.39 is 5.97 Å². The van der Waals surface area contributed by atoms with Crippen molar-refractivity contribution in [1.82, 2.24) is 10.2 Å². The first-order valence-electron chi connectivity index (χ1n) is 4.65. The molecule has 1 aromatic carbocycles. The second kappa shape index (κ2) is 4.80. The highest BCUT2D eigenvalue weighted by Gasteiger charge is 2.06. The summed E-state index contributed by atoms with van der Waals surface area (Å²) in [4.78, 5) is 10.3. The van der Waals surface area contributed by atoms with Gasteiger partial charge in [0, 0.05) is 22.7 Å². The van der Waals surface area contributed by atoms with Crippen LogP contribution in [0, 0.1) is 0 Å². The van der Waals surface area contributed by atoms with Crippen LogP contribution in [0.2, 0.25) is 5.02 Å². The predicted octanol–water partition coefficient (Wildman–Crippen LogP) is 2.49. The monoisotopic (exact) mass is 250 g/mol. The van der Waals surface area contributed by atoms with Crippen molar-refractivity contribution >= 4 is 23.6 Å². The zero-order chi connectivity index (χ0) is 12.3. The van der Waals surface area contributed by atoms with Crippen LogP contribution in [-0.4, -0.2) is 21.3 Å². The third kappa shape index (κ3) is 2.92. The normalized spacial score (nSPS) is 10.9. The minimum Gasteiger partial charge on any atom is -0.478 e. The number of carboxylic acid groups (broad SMARTS) is 1. The maximum absolute atomic E-state index is 10.3. The van der Waals surface area contributed by atoms with Gasteiger partial charge in [-0.1, -0.05) is 17.7 Å². The Kier molecular flexibility index (Phi) is 3.20. The van der Waals surface area contributed by atoms with Gasteiger partial charge in [0.1, 0.15) is 0 Å². The van der Waals surface area contributed by atoms with Gasteiger partial charge in [-0.15, -0.1) is 10.2 Å². The number of nitrogens with zero attached hydrogens (tertiary/aromatic N) is 2. The summed E-state index contributed by atoms with van der Waals surface area (Å²) in [6, 6.07) is 6.94. The first-order chi connectivity index (χ1) is 8.15. The van der Waals surface area contributed by atoms with Gasteiger partial charge in [0.15, 0.2) is 0 Å². The van der Waals surface area contributed by atoms with Crippen LogP contribution in [0.4, 0.5) is 0 Å². The largest absolute Gasteiger partial charge is 0.478 e. The molecule has 2 rings (SSSR count).